The van der Waals surface area contributed by atoms with Gasteiger partial charge in [-0.2, -0.15) is 10.1 Å². The first-order chi connectivity index (χ1) is 25.3. The lowest BCUT2D eigenvalue weighted by molar-refractivity contribution is -0.118. The third-order valence-corrected chi connectivity index (χ3v) is 10.3. The van der Waals surface area contributed by atoms with Crippen LogP contribution in [-0.4, -0.2) is 81.3 Å². The Morgan fingerprint density at radius 2 is 1.79 bits per heavy atom. The van der Waals surface area contributed by atoms with Crippen molar-refractivity contribution in [3.05, 3.63) is 117 Å². The summed E-state index contributed by atoms with van der Waals surface area (Å²) in [4.78, 5) is 53.7. The Hall–Kier alpha value is -5.31. The highest BCUT2D eigenvalue weighted by atomic mass is 19.2. The molecule has 0 bridgehead atoms. The number of aromatic nitrogens is 3. The number of hydrogen-bond donors (Lipinski definition) is 2. The van der Waals surface area contributed by atoms with E-state index in [1.165, 1.54) is 33.2 Å². The Balaban J connectivity index is 1.02. The van der Waals surface area contributed by atoms with Crippen molar-refractivity contribution in [2.24, 2.45) is 4.99 Å². The van der Waals surface area contributed by atoms with Gasteiger partial charge in [-0.15, -0.1) is 0 Å². The molecule has 2 fully saturated rings. The van der Waals surface area contributed by atoms with E-state index in [4.69, 9.17) is 0 Å². The smallest absolute Gasteiger partial charge is 0.337 e. The van der Waals surface area contributed by atoms with Crippen molar-refractivity contribution in [2.45, 2.75) is 44.2 Å². The van der Waals surface area contributed by atoms with E-state index in [0.29, 0.717) is 42.3 Å². The summed E-state index contributed by atoms with van der Waals surface area (Å²) in [7, 11) is 0. The molecule has 8 rings (SSSR count). The Labute approximate surface area is 298 Å². The van der Waals surface area contributed by atoms with Crippen LogP contribution in [0.4, 0.5) is 8.87 Å². The average Bonchev–Trinajstić information content (AvgIpc) is 3.59. The van der Waals surface area contributed by atoms with Gasteiger partial charge in [0, 0.05) is 57.1 Å². The summed E-state index contributed by atoms with van der Waals surface area (Å²) in [5.41, 5.74) is 2.75. The van der Waals surface area contributed by atoms with Gasteiger partial charge in [0.25, 0.3) is 17.3 Å². The van der Waals surface area contributed by atoms with E-state index in [2.05, 4.69) is 49.8 Å². The first-order valence-electron chi connectivity index (χ1n) is 17.7. The number of nitrogens with one attached hydrogen (secondary N) is 2. The van der Waals surface area contributed by atoms with Gasteiger partial charge in [0.15, 0.2) is 17.5 Å². The topological polar surface area (TPSA) is 123 Å². The van der Waals surface area contributed by atoms with E-state index in [0.717, 1.165) is 62.5 Å². The number of fused-ring (bicyclic) bond motifs is 2. The van der Waals surface area contributed by atoms with Crippen LogP contribution in [-0.2, 0) is 11.2 Å². The van der Waals surface area contributed by atoms with Crippen molar-refractivity contribution in [3.63, 3.8) is 0 Å². The van der Waals surface area contributed by atoms with Crippen LogP contribution in [0, 0.1) is 5.82 Å². The number of piperazine rings is 1. The predicted octanol–water partition coefficient (Wildman–Crippen LogP) is 3.47. The van der Waals surface area contributed by atoms with Crippen molar-refractivity contribution in [2.75, 3.05) is 39.4 Å². The molecule has 0 atom stereocenters. The minimum Gasteiger partial charge on any atom is -0.348 e. The molecule has 3 aliphatic heterocycles. The Bertz CT molecular complexity index is 2220. The van der Waals surface area contributed by atoms with E-state index < -0.39 is 23.1 Å². The van der Waals surface area contributed by atoms with Crippen LogP contribution < -0.4 is 26.8 Å². The van der Waals surface area contributed by atoms with Crippen molar-refractivity contribution >= 4 is 22.8 Å². The summed E-state index contributed by atoms with van der Waals surface area (Å²) in [5, 5.41) is 6.89. The van der Waals surface area contributed by atoms with Crippen LogP contribution in [0.5, 0.6) is 0 Å². The maximum Gasteiger partial charge on any atom is 0.337 e. The molecule has 52 heavy (non-hydrogen) atoms. The summed E-state index contributed by atoms with van der Waals surface area (Å²) >= 11 is 0. The number of amidine groups is 1. The average molecular weight is 708 g/mol. The molecule has 2 N–H and O–H groups in total. The van der Waals surface area contributed by atoms with Crippen LogP contribution in [0.1, 0.15) is 37.3 Å². The van der Waals surface area contributed by atoms with Crippen molar-refractivity contribution in [1.29, 1.82) is 0 Å². The third-order valence-electron chi connectivity index (χ3n) is 10.3. The van der Waals surface area contributed by atoms with Gasteiger partial charge in [-0.3, -0.25) is 14.2 Å². The van der Waals surface area contributed by atoms with Crippen LogP contribution in [0.2, 0.25) is 0 Å². The van der Waals surface area contributed by atoms with Crippen LogP contribution in [0.3, 0.4) is 0 Å². The van der Waals surface area contributed by atoms with Gasteiger partial charge in [0.05, 0.1) is 17.3 Å². The number of rotatable bonds is 8. The standard InChI is InChI=1S/C38H39F2N9O3/c39-28-21-32-35(42-22-28)48(31-3-1-2-27(20-31)26-6-4-25(5-7-26)12-16-45-18-14-41-15-19-45)38(52)49(37(32)51)30-10-8-29(9-11-30)43-36(50)33-23-46-24-47(40)17-13-34(46)44-33/h1-7,13,17,20-23,29-30,41H,8-12,14-16,18-19,24H2,(H,43,50)/q+1. The highest BCUT2D eigenvalue weighted by Crippen LogP contribution is 2.29. The maximum absolute atomic E-state index is 14.5. The molecular weight excluding hydrogens is 668 g/mol. The Morgan fingerprint density at radius 3 is 2.58 bits per heavy atom. The number of hydrogen-bond acceptors (Lipinski definition) is 9. The lowest BCUT2D eigenvalue weighted by Gasteiger charge is -2.30. The number of amides is 1. The molecule has 4 aliphatic rings. The number of aliphatic imine (C=N–C) groups is 1. The molecule has 14 heteroatoms. The molecule has 0 spiro atoms. The highest BCUT2D eigenvalue weighted by Gasteiger charge is 2.36. The Morgan fingerprint density at radius 1 is 1.00 bits per heavy atom. The van der Waals surface area contributed by atoms with Crippen LogP contribution >= 0.6 is 0 Å². The number of carbonyl (C=O) groups is 1. The van der Waals surface area contributed by atoms with E-state index in [1.54, 1.807) is 11.0 Å². The highest BCUT2D eigenvalue weighted by molar-refractivity contribution is 6.05. The fraction of sp³-hybridized carbons (Fsp3) is 0.342. The molecule has 0 unspecified atom stereocenters. The summed E-state index contributed by atoms with van der Waals surface area (Å²) in [6.45, 7) is 5.12. The Kier molecular flexibility index (Phi) is 9.34. The van der Waals surface area contributed by atoms with Gasteiger partial charge in [-0.1, -0.05) is 45.8 Å². The van der Waals surface area contributed by atoms with E-state index in [1.807, 2.05) is 18.2 Å². The lowest BCUT2D eigenvalue weighted by Crippen LogP contribution is -2.45. The predicted molar refractivity (Wildman–Crippen MR) is 194 cm³/mol. The van der Waals surface area contributed by atoms with Crippen LogP contribution in [0.25, 0.3) is 27.8 Å². The van der Waals surface area contributed by atoms with Crippen molar-refractivity contribution in [3.8, 4) is 16.8 Å². The molecular formula is C38H39F2N9O3+. The fourth-order valence-electron chi connectivity index (χ4n) is 7.51. The van der Waals surface area contributed by atoms with Gasteiger partial charge in [0.2, 0.25) is 6.67 Å². The summed E-state index contributed by atoms with van der Waals surface area (Å²) < 4.78 is 30.7. The number of carbonyl (C=O) groups excluding carboxylic acids is 1. The van der Waals surface area contributed by atoms with Crippen LogP contribution in [0.15, 0.2) is 99.5 Å². The third kappa shape index (κ3) is 6.84. The molecule has 1 saturated carbocycles. The molecule has 1 amide bonds. The number of halogens is 2. The summed E-state index contributed by atoms with van der Waals surface area (Å²) in [6, 6.07) is 16.4. The molecule has 1 aliphatic carbocycles. The van der Waals surface area contributed by atoms with Gasteiger partial charge >= 0.3 is 5.69 Å². The first kappa shape index (κ1) is 33.8. The molecule has 5 heterocycles. The normalized spacial score (nSPS) is 20.8. The molecule has 1 radical (unpaired) electrons. The second-order valence-corrected chi connectivity index (χ2v) is 13.7. The van der Waals surface area contributed by atoms with Gasteiger partial charge < -0.3 is 15.5 Å². The van der Waals surface area contributed by atoms with E-state index >= 15 is 0 Å². The second-order valence-electron chi connectivity index (χ2n) is 13.7. The van der Waals surface area contributed by atoms with Gasteiger partial charge in [-0.05, 0) is 67.0 Å². The fourth-order valence-corrected chi connectivity index (χ4v) is 7.51. The zero-order valence-electron chi connectivity index (χ0n) is 28.5. The second kappa shape index (κ2) is 14.4. The monoisotopic (exact) mass is 707 g/mol. The van der Waals surface area contributed by atoms with Gasteiger partial charge in [-0.25, -0.2) is 18.7 Å². The van der Waals surface area contributed by atoms with E-state index in [-0.39, 0.29) is 35.3 Å². The number of pyridine rings is 1. The molecule has 1 saturated heterocycles. The summed E-state index contributed by atoms with van der Waals surface area (Å²) in [6.07, 6.45) is 8.12. The SMILES string of the molecule is O=C(NC1CCC(n2c(=O)c3cc(F)cnc3n(-c3cccc(-c4ccc(CCN5CCNCC5)cc4)c3)c2=O)CC1)C1=C[N+]2CN(F)C=CC2=N1. The number of benzene rings is 2. The zero-order chi connectivity index (χ0) is 35.8. The van der Waals surface area contributed by atoms with Gasteiger partial charge in [0.1, 0.15) is 5.82 Å². The largest absolute Gasteiger partial charge is 0.348 e. The summed E-state index contributed by atoms with van der Waals surface area (Å²) in [5.74, 6) is -0.559. The van der Waals surface area contributed by atoms with E-state index in [9.17, 15) is 23.3 Å². The zero-order valence-corrected chi connectivity index (χ0v) is 28.5. The minimum absolute atomic E-state index is 0.0129. The van der Waals surface area contributed by atoms with Crippen molar-refractivity contribution in [1.82, 2.24) is 39.7 Å². The quantitative estimate of drug-likeness (QED) is 0.213. The van der Waals surface area contributed by atoms with Crippen molar-refractivity contribution < 1.29 is 13.7 Å². The molecule has 267 valence electrons. The molecule has 2 aromatic heterocycles. The molecule has 2 aromatic carbocycles. The first-order valence-corrected chi connectivity index (χ1v) is 17.7. The number of nitrogens with zero attached hydrogens (tertiary/aromatic N) is 7. The minimum atomic E-state index is -0.672. The molecule has 4 aromatic rings. The maximum atomic E-state index is 14.5. The lowest BCUT2D eigenvalue weighted by atomic mass is 9.90. The molecule has 12 nitrogen and oxygen atoms in total.